The summed E-state index contributed by atoms with van der Waals surface area (Å²) in [6, 6.07) is 74.1. The summed E-state index contributed by atoms with van der Waals surface area (Å²) >= 11 is 0. The maximum absolute atomic E-state index is 6.48. The van der Waals surface area contributed by atoms with Gasteiger partial charge in [0.25, 0.3) is 0 Å². The maximum atomic E-state index is 6.48. The van der Waals surface area contributed by atoms with E-state index in [1.54, 1.807) is 0 Å². The molecule has 370 valence electrons. The highest BCUT2D eigenvalue weighted by molar-refractivity contribution is 6.17. The van der Waals surface area contributed by atoms with Crippen LogP contribution in [0.3, 0.4) is 0 Å². The Balaban J connectivity index is 0.000000172. The molecule has 7 heteroatoms. The molecule has 0 radical (unpaired) electrons. The van der Waals surface area contributed by atoms with Crippen LogP contribution in [-0.4, -0.2) is 19.5 Å². The standard InChI is InChI=1S/C40H26N4O.C27H28N2.C2H6/c1-25-11-10-16-28(21-25)29-19-20-36-32(22-29)33-23-31-30-17-8-9-18-34(30)44(35(31)24-37(33)45-36)40-42-38(26-12-4-2-5-13-26)41-39(43-40)27-14-6-3-7-15-27;1-20-11-9-13-22(26-15-5-7-17-28(26)3)24(20)19-25-21(2)12-10-14-23(25)27-16-6-8-18-29(27)4;1-2/h2-24H,1H3;5-18H,19H2,1-4H3;1-2H3/q;+2;. The van der Waals surface area contributed by atoms with Crippen LogP contribution in [0.1, 0.15) is 41.7 Å². The number of para-hydroxylation sites is 1. The summed E-state index contributed by atoms with van der Waals surface area (Å²) in [5, 5.41) is 4.42. The highest BCUT2D eigenvalue weighted by atomic mass is 16.3. The average Bonchev–Trinajstić information content (AvgIpc) is 4.05. The second-order valence-corrected chi connectivity index (χ2v) is 19.2. The van der Waals surface area contributed by atoms with Gasteiger partial charge in [-0.2, -0.15) is 9.97 Å². The third kappa shape index (κ3) is 9.44. The number of rotatable bonds is 8. The summed E-state index contributed by atoms with van der Waals surface area (Å²) in [5.74, 6) is 1.81. The summed E-state index contributed by atoms with van der Waals surface area (Å²) < 4.78 is 13.0. The third-order valence-corrected chi connectivity index (χ3v) is 14.3. The van der Waals surface area contributed by atoms with Crippen molar-refractivity contribution in [3.63, 3.8) is 0 Å². The van der Waals surface area contributed by atoms with Gasteiger partial charge in [-0.15, -0.1) is 0 Å². The van der Waals surface area contributed by atoms with Crippen molar-refractivity contribution in [3.05, 3.63) is 253 Å². The topological polar surface area (TPSA) is 64.5 Å². The van der Waals surface area contributed by atoms with Crippen molar-refractivity contribution >= 4 is 43.7 Å². The van der Waals surface area contributed by atoms with E-state index in [0.29, 0.717) is 17.6 Å². The molecule has 13 rings (SSSR count). The van der Waals surface area contributed by atoms with Crippen LogP contribution in [0.4, 0.5) is 0 Å². The van der Waals surface area contributed by atoms with Crippen molar-refractivity contribution in [2.45, 2.75) is 41.0 Å². The average molecular weight is 989 g/mol. The van der Waals surface area contributed by atoms with Crippen LogP contribution in [0.15, 0.2) is 229 Å². The molecule has 0 aliphatic heterocycles. The summed E-state index contributed by atoms with van der Waals surface area (Å²) in [6.07, 6.45) is 5.14. The molecule has 5 aromatic heterocycles. The summed E-state index contributed by atoms with van der Waals surface area (Å²) in [4.78, 5) is 15.0. The number of pyridine rings is 2. The zero-order valence-electron chi connectivity index (χ0n) is 44.2. The smallest absolute Gasteiger partial charge is 0.238 e. The Hall–Kier alpha value is -9.33. The molecule has 0 N–H and O–H groups in total. The largest absolute Gasteiger partial charge is 0.456 e. The van der Waals surface area contributed by atoms with E-state index in [-0.39, 0.29) is 0 Å². The Kier molecular flexibility index (Phi) is 13.7. The molecule has 0 aliphatic carbocycles. The van der Waals surface area contributed by atoms with E-state index < -0.39 is 0 Å². The molecule has 13 aromatic rings. The Bertz CT molecular complexity index is 4080. The lowest BCUT2D eigenvalue weighted by atomic mass is 9.88. The molecule has 5 heterocycles. The predicted octanol–water partition coefficient (Wildman–Crippen LogP) is 16.1. The van der Waals surface area contributed by atoms with Crippen molar-refractivity contribution < 1.29 is 13.6 Å². The first-order chi connectivity index (χ1) is 37.3. The minimum Gasteiger partial charge on any atom is -0.456 e. The van der Waals surface area contributed by atoms with E-state index in [1.165, 1.54) is 61.5 Å². The number of aryl methyl sites for hydroxylation is 5. The van der Waals surface area contributed by atoms with Gasteiger partial charge in [-0.1, -0.05) is 153 Å². The van der Waals surface area contributed by atoms with Crippen molar-refractivity contribution in [1.82, 2.24) is 19.5 Å². The van der Waals surface area contributed by atoms with Crippen molar-refractivity contribution in [2.24, 2.45) is 14.1 Å². The van der Waals surface area contributed by atoms with Gasteiger partial charge in [0.2, 0.25) is 17.3 Å². The van der Waals surface area contributed by atoms with E-state index in [2.05, 4.69) is 213 Å². The lowest BCUT2D eigenvalue weighted by Crippen LogP contribution is -2.30. The number of furan rings is 1. The van der Waals surface area contributed by atoms with Crippen molar-refractivity contribution in [3.8, 4) is 62.4 Å². The van der Waals surface area contributed by atoms with Crippen molar-refractivity contribution in [2.75, 3.05) is 0 Å². The first kappa shape index (κ1) is 48.9. The molecule has 0 spiro atoms. The van der Waals surface area contributed by atoms with E-state index in [1.807, 2.05) is 74.5 Å². The van der Waals surface area contributed by atoms with E-state index in [0.717, 1.165) is 61.3 Å². The molecular formula is C69H60N6O+2. The van der Waals surface area contributed by atoms with Crippen LogP contribution in [0.25, 0.3) is 106 Å². The minimum absolute atomic E-state index is 0.561. The van der Waals surface area contributed by atoms with Crippen LogP contribution in [0.5, 0.6) is 0 Å². The van der Waals surface area contributed by atoms with E-state index >= 15 is 0 Å². The molecule has 0 bridgehead atoms. The van der Waals surface area contributed by atoms with Gasteiger partial charge >= 0.3 is 0 Å². The quantitative estimate of drug-likeness (QED) is 0.142. The Morgan fingerprint density at radius 3 is 1.53 bits per heavy atom. The van der Waals surface area contributed by atoms with Gasteiger partial charge < -0.3 is 4.42 Å². The summed E-state index contributed by atoms with van der Waals surface area (Å²) in [7, 11) is 4.23. The lowest BCUT2D eigenvalue weighted by Gasteiger charge is -2.16. The van der Waals surface area contributed by atoms with Crippen molar-refractivity contribution in [1.29, 1.82) is 0 Å². The normalized spacial score (nSPS) is 11.1. The molecule has 7 nitrogen and oxygen atoms in total. The number of benzene rings is 8. The van der Waals surface area contributed by atoms with Crippen LogP contribution in [0.2, 0.25) is 0 Å². The summed E-state index contributed by atoms with van der Waals surface area (Å²) in [6.45, 7) is 10.6. The Morgan fingerprint density at radius 2 is 0.934 bits per heavy atom. The molecule has 0 amide bonds. The monoisotopic (exact) mass is 988 g/mol. The van der Waals surface area contributed by atoms with E-state index in [4.69, 9.17) is 19.4 Å². The van der Waals surface area contributed by atoms with Crippen LogP contribution in [0, 0.1) is 20.8 Å². The molecule has 8 aromatic carbocycles. The maximum Gasteiger partial charge on any atom is 0.238 e. The Labute approximate surface area is 444 Å². The van der Waals surface area contributed by atoms with Gasteiger partial charge in [0, 0.05) is 74.1 Å². The number of nitrogens with zero attached hydrogens (tertiary/aromatic N) is 6. The first-order valence-corrected chi connectivity index (χ1v) is 26.2. The fourth-order valence-electron chi connectivity index (χ4n) is 10.5. The van der Waals surface area contributed by atoms with E-state index in [9.17, 15) is 0 Å². The predicted molar refractivity (Wildman–Crippen MR) is 312 cm³/mol. The minimum atomic E-state index is 0.561. The highest BCUT2D eigenvalue weighted by Crippen LogP contribution is 2.40. The summed E-state index contributed by atoms with van der Waals surface area (Å²) in [5.41, 5.74) is 19.7. The molecule has 0 saturated carbocycles. The van der Waals surface area contributed by atoms with Crippen LogP contribution < -0.4 is 9.13 Å². The molecule has 0 unspecified atom stereocenters. The SMILES string of the molecule is CC.Cc1cccc(-c2ccc3oc4cc5c(cc4c3c2)c2ccccc2n5-c2nc(-c3ccccc3)nc(-c3ccccc3)n2)c1.Cc1cccc(-c2cccc[n+]2C)c1Cc1c(C)cccc1-c1cccc[n+]1C. The third-order valence-electron chi connectivity index (χ3n) is 14.3. The van der Waals surface area contributed by atoms with Crippen LogP contribution in [-0.2, 0) is 20.5 Å². The van der Waals surface area contributed by atoms with Gasteiger partial charge in [-0.3, -0.25) is 4.57 Å². The second-order valence-electron chi connectivity index (χ2n) is 19.2. The number of hydrogen-bond acceptors (Lipinski definition) is 4. The van der Waals surface area contributed by atoms with Gasteiger partial charge in [0.15, 0.2) is 24.0 Å². The molecule has 0 atom stereocenters. The molecular weight excluding hydrogens is 929 g/mol. The number of fused-ring (bicyclic) bond motifs is 6. The zero-order valence-corrected chi connectivity index (χ0v) is 44.2. The zero-order chi connectivity index (χ0) is 52.3. The molecule has 0 fully saturated rings. The lowest BCUT2D eigenvalue weighted by molar-refractivity contribution is -0.660. The van der Waals surface area contributed by atoms with Crippen LogP contribution >= 0.6 is 0 Å². The second kappa shape index (κ2) is 21.3. The highest BCUT2D eigenvalue weighted by Gasteiger charge is 2.22. The fraction of sp³-hybridized carbons (Fsp3) is 0.116. The molecule has 0 aliphatic rings. The number of aromatic nitrogens is 6. The molecule has 0 saturated heterocycles. The first-order valence-electron chi connectivity index (χ1n) is 26.2. The Morgan fingerprint density at radius 1 is 0.408 bits per heavy atom. The van der Waals surface area contributed by atoms with Gasteiger partial charge in [0.05, 0.1) is 11.0 Å². The number of hydrogen-bond donors (Lipinski definition) is 0. The molecule has 76 heavy (non-hydrogen) atoms. The van der Waals surface area contributed by atoms with Gasteiger partial charge in [-0.05, 0) is 109 Å². The fourth-order valence-corrected chi connectivity index (χ4v) is 10.5. The van der Waals surface area contributed by atoms with Gasteiger partial charge in [-0.25, -0.2) is 14.1 Å². The van der Waals surface area contributed by atoms with Gasteiger partial charge in [0.1, 0.15) is 25.3 Å².